The van der Waals surface area contributed by atoms with Crippen LogP contribution in [0.3, 0.4) is 0 Å². The summed E-state index contributed by atoms with van der Waals surface area (Å²) >= 11 is 0. The number of ether oxygens (including phenoxy) is 3. The zero-order valence-electron chi connectivity index (χ0n) is 27.8. The van der Waals surface area contributed by atoms with Crippen LogP contribution in [0.1, 0.15) is 30.9 Å². The monoisotopic (exact) mass is 673 g/mol. The summed E-state index contributed by atoms with van der Waals surface area (Å²) in [5.74, 6) is 0.429. The fourth-order valence-corrected chi connectivity index (χ4v) is 6.68. The minimum absolute atomic E-state index is 0.0249. The van der Waals surface area contributed by atoms with Crippen LogP contribution < -0.4 is 23.8 Å². The molecule has 10 nitrogen and oxygen atoms in total. The Morgan fingerprint density at radius 2 is 1.44 bits per heavy atom. The zero-order valence-corrected chi connectivity index (χ0v) is 28.6. The number of hydrogen-bond donors (Lipinski definition) is 1. The topological polar surface area (TPSA) is 114 Å². The lowest BCUT2D eigenvalue weighted by atomic mass is 10.0. The second-order valence-corrected chi connectivity index (χ2v) is 12.9. The van der Waals surface area contributed by atoms with Crippen molar-refractivity contribution in [2.75, 3.05) is 38.7 Å². The van der Waals surface area contributed by atoms with Gasteiger partial charge in [-0.05, 0) is 66.1 Å². The summed E-state index contributed by atoms with van der Waals surface area (Å²) in [6, 6.07) is 28.2. The van der Waals surface area contributed by atoms with Gasteiger partial charge in [-0.2, -0.15) is 0 Å². The molecule has 0 heterocycles. The number of unbranched alkanes of at least 4 members (excludes halogenated alkanes) is 1. The zero-order chi connectivity index (χ0) is 34.5. The van der Waals surface area contributed by atoms with E-state index in [9.17, 15) is 18.0 Å². The fraction of sp³-hybridized carbons (Fsp3) is 0.297. The molecule has 4 rings (SSSR count). The van der Waals surface area contributed by atoms with E-state index in [1.165, 1.54) is 31.3 Å². The predicted octanol–water partition coefficient (Wildman–Crippen LogP) is 5.46. The Labute approximate surface area is 283 Å². The van der Waals surface area contributed by atoms with E-state index in [1.807, 2.05) is 43.3 Å². The number of para-hydroxylation sites is 2. The van der Waals surface area contributed by atoms with E-state index in [0.717, 1.165) is 22.7 Å². The molecule has 0 aromatic heterocycles. The molecule has 0 saturated heterocycles. The van der Waals surface area contributed by atoms with Crippen molar-refractivity contribution in [1.29, 1.82) is 0 Å². The van der Waals surface area contributed by atoms with Gasteiger partial charge in [0.2, 0.25) is 11.8 Å². The molecule has 0 saturated carbocycles. The molecule has 0 aliphatic carbocycles. The van der Waals surface area contributed by atoms with Crippen LogP contribution in [0.4, 0.5) is 5.69 Å². The van der Waals surface area contributed by atoms with Crippen LogP contribution in [0.5, 0.6) is 17.2 Å². The normalized spacial score (nSPS) is 11.7. The van der Waals surface area contributed by atoms with E-state index in [0.29, 0.717) is 23.6 Å². The number of benzene rings is 4. The van der Waals surface area contributed by atoms with Crippen molar-refractivity contribution in [1.82, 2.24) is 10.2 Å². The molecule has 2 amide bonds. The average Bonchev–Trinajstić information content (AvgIpc) is 3.12. The average molecular weight is 674 g/mol. The molecule has 4 aromatic rings. The Hall–Kier alpha value is -5.03. The number of carbonyl (C=O) groups is 2. The van der Waals surface area contributed by atoms with Crippen molar-refractivity contribution in [2.24, 2.45) is 0 Å². The van der Waals surface area contributed by atoms with E-state index >= 15 is 0 Å². The van der Waals surface area contributed by atoms with Crippen LogP contribution in [-0.2, 0) is 32.6 Å². The lowest BCUT2D eigenvalue weighted by molar-refractivity contribution is -0.140. The number of amides is 2. The first-order valence-electron chi connectivity index (χ1n) is 15.8. The Bertz CT molecular complexity index is 1750. The third-order valence-electron chi connectivity index (χ3n) is 7.87. The van der Waals surface area contributed by atoms with Gasteiger partial charge in [0, 0.05) is 19.5 Å². The lowest BCUT2D eigenvalue weighted by Crippen LogP contribution is -2.53. The lowest BCUT2D eigenvalue weighted by Gasteiger charge is -2.34. The van der Waals surface area contributed by atoms with Gasteiger partial charge in [0.25, 0.3) is 10.0 Å². The Kier molecular flexibility index (Phi) is 12.8. The van der Waals surface area contributed by atoms with Crippen molar-refractivity contribution >= 4 is 27.5 Å². The molecule has 1 atom stereocenters. The van der Waals surface area contributed by atoms with Crippen molar-refractivity contribution in [3.05, 3.63) is 114 Å². The summed E-state index contributed by atoms with van der Waals surface area (Å²) in [6.07, 6.45) is 1.87. The molecule has 0 radical (unpaired) electrons. The first-order chi connectivity index (χ1) is 23.2. The van der Waals surface area contributed by atoms with Gasteiger partial charge >= 0.3 is 0 Å². The van der Waals surface area contributed by atoms with Gasteiger partial charge in [0.1, 0.15) is 29.8 Å². The number of sulfonamides is 1. The number of nitrogens with one attached hydrogen (secondary N) is 1. The van der Waals surface area contributed by atoms with E-state index < -0.39 is 28.5 Å². The number of anilines is 1. The highest BCUT2D eigenvalue weighted by Gasteiger charge is 2.35. The van der Waals surface area contributed by atoms with Crippen molar-refractivity contribution in [2.45, 2.75) is 43.7 Å². The van der Waals surface area contributed by atoms with Crippen LogP contribution in [0.2, 0.25) is 0 Å². The highest BCUT2D eigenvalue weighted by atomic mass is 32.2. The van der Waals surface area contributed by atoms with Gasteiger partial charge < -0.3 is 24.4 Å². The number of hydrogen-bond acceptors (Lipinski definition) is 7. The maximum atomic E-state index is 14.7. The molecule has 4 aromatic carbocycles. The molecule has 0 unspecified atom stereocenters. The summed E-state index contributed by atoms with van der Waals surface area (Å²) < 4.78 is 45.9. The van der Waals surface area contributed by atoms with E-state index in [-0.39, 0.29) is 35.2 Å². The first kappa shape index (κ1) is 35.8. The Balaban J connectivity index is 1.82. The third-order valence-corrected chi connectivity index (χ3v) is 9.64. The first-order valence-corrected chi connectivity index (χ1v) is 17.2. The molecule has 11 heteroatoms. The summed E-state index contributed by atoms with van der Waals surface area (Å²) in [4.78, 5) is 30.0. The molecule has 0 aliphatic heterocycles. The maximum Gasteiger partial charge on any atom is 0.264 e. The fourth-order valence-electron chi connectivity index (χ4n) is 5.25. The summed E-state index contributed by atoms with van der Waals surface area (Å²) in [5.41, 5.74) is 1.74. The number of nitrogens with zero attached hydrogens (tertiary/aromatic N) is 2. The van der Waals surface area contributed by atoms with Crippen molar-refractivity contribution in [3.8, 4) is 17.2 Å². The highest BCUT2D eigenvalue weighted by molar-refractivity contribution is 7.92. The molecule has 0 bridgehead atoms. The van der Waals surface area contributed by atoms with Gasteiger partial charge in [-0.3, -0.25) is 13.9 Å². The van der Waals surface area contributed by atoms with E-state index in [4.69, 9.17) is 14.2 Å². The molecule has 0 fully saturated rings. The van der Waals surface area contributed by atoms with Gasteiger partial charge in [-0.15, -0.1) is 0 Å². The number of methoxy groups -OCH3 is 3. The second kappa shape index (κ2) is 17.2. The summed E-state index contributed by atoms with van der Waals surface area (Å²) in [5, 5.41) is 3.00. The Morgan fingerprint density at radius 1 is 0.771 bits per heavy atom. The largest absolute Gasteiger partial charge is 0.497 e. The van der Waals surface area contributed by atoms with Gasteiger partial charge in [-0.25, -0.2) is 8.42 Å². The molecular formula is C37H43N3O7S. The molecule has 0 aliphatic rings. The molecule has 1 N–H and O–H groups in total. The SMILES string of the molecule is CCCCNC(=O)[C@H](Cc1ccccc1)N(Cc1cccc(OC)c1)C(=O)CN(c1ccccc1OC)S(=O)(=O)c1ccc(OC)cc1. The van der Waals surface area contributed by atoms with Crippen LogP contribution >= 0.6 is 0 Å². The minimum atomic E-state index is -4.32. The van der Waals surface area contributed by atoms with E-state index in [1.54, 1.807) is 61.7 Å². The predicted molar refractivity (Wildman–Crippen MR) is 186 cm³/mol. The smallest absolute Gasteiger partial charge is 0.264 e. The molecule has 0 spiro atoms. The number of rotatable bonds is 17. The molecule has 48 heavy (non-hydrogen) atoms. The second-order valence-electron chi connectivity index (χ2n) is 11.1. The van der Waals surface area contributed by atoms with Crippen LogP contribution in [0.25, 0.3) is 0 Å². The van der Waals surface area contributed by atoms with Gasteiger partial charge in [0.05, 0.1) is 31.9 Å². The van der Waals surface area contributed by atoms with Gasteiger partial charge in [0.15, 0.2) is 0 Å². The van der Waals surface area contributed by atoms with E-state index in [2.05, 4.69) is 5.32 Å². The van der Waals surface area contributed by atoms with Crippen LogP contribution in [-0.4, -0.2) is 65.6 Å². The van der Waals surface area contributed by atoms with Crippen LogP contribution in [0.15, 0.2) is 108 Å². The molecular weight excluding hydrogens is 630 g/mol. The summed E-state index contributed by atoms with van der Waals surface area (Å²) in [6.45, 7) is 1.90. The number of carbonyl (C=O) groups excluding carboxylic acids is 2. The van der Waals surface area contributed by atoms with Crippen LogP contribution in [0, 0.1) is 0 Å². The standard InChI is InChI=1S/C37H43N3O7S/c1-5-6-23-38-37(42)34(25-28-13-8-7-9-14-28)39(26-29-15-12-16-31(24-29)46-3)36(41)27-40(33-17-10-11-18-35(33)47-4)48(43,44)32-21-19-30(45-2)20-22-32/h7-22,24,34H,5-6,23,25-27H2,1-4H3,(H,38,42)/t34-/m0/s1. The third kappa shape index (κ3) is 9.07. The maximum absolute atomic E-state index is 14.7. The Morgan fingerprint density at radius 3 is 2.10 bits per heavy atom. The minimum Gasteiger partial charge on any atom is -0.497 e. The van der Waals surface area contributed by atoms with Crippen molar-refractivity contribution < 1.29 is 32.2 Å². The van der Waals surface area contributed by atoms with Gasteiger partial charge in [-0.1, -0.05) is 67.9 Å². The van der Waals surface area contributed by atoms with Crippen molar-refractivity contribution in [3.63, 3.8) is 0 Å². The quantitative estimate of drug-likeness (QED) is 0.148. The summed E-state index contributed by atoms with van der Waals surface area (Å²) in [7, 11) is 0.161. The molecule has 254 valence electrons. The highest BCUT2D eigenvalue weighted by Crippen LogP contribution is 2.33.